The zero-order valence-corrected chi connectivity index (χ0v) is 18.3. The summed E-state index contributed by atoms with van der Waals surface area (Å²) in [5, 5.41) is 4.86. The number of carbonyl (C=O) groups is 2. The number of halogens is 1. The van der Waals surface area contributed by atoms with Crippen LogP contribution >= 0.6 is 7.70 Å². The molecule has 1 rings (SSSR count). The molecule has 1 unspecified atom stereocenters. The van der Waals surface area contributed by atoms with Gasteiger partial charge in [0.25, 0.3) is 0 Å². The molecule has 0 saturated heterocycles. The molecule has 1 aromatic rings. The molecule has 1 amide bonds. The van der Waals surface area contributed by atoms with E-state index < -0.39 is 31.7 Å². The zero-order chi connectivity index (χ0) is 22.5. The monoisotopic (exact) mass is 437 g/mol. The molecule has 0 bridgehead atoms. The Kier molecular flexibility index (Phi) is 11.9. The summed E-state index contributed by atoms with van der Waals surface area (Å²) < 4.78 is 17.9. The molecule has 6 N–H and O–H groups in total. The van der Waals surface area contributed by atoms with Crippen molar-refractivity contribution in [1.29, 1.82) is 0 Å². The number of rotatable bonds is 11. The van der Waals surface area contributed by atoms with E-state index in [9.17, 15) is 13.8 Å². The van der Waals surface area contributed by atoms with Crippen LogP contribution in [0.2, 0.25) is 0 Å². The number of aliphatic imine (C=N–C) groups is 1. The maximum atomic E-state index is 12.6. The van der Waals surface area contributed by atoms with Gasteiger partial charge in [-0.05, 0) is 11.5 Å². The van der Waals surface area contributed by atoms with Crippen molar-refractivity contribution in [3.05, 3.63) is 35.9 Å². The Balaban J connectivity index is 2.52. The van der Waals surface area contributed by atoms with Gasteiger partial charge < -0.3 is 4.74 Å². The fraction of sp³-hybridized carbons (Fsp3) is 0.526. The van der Waals surface area contributed by atoms with Crippen LogP contribution in [0.4, 0.5) is 4.20 Å². The number of ether oxygens (including phenoxy) is 1. The van der Waals surface area contributed by atoms with E-state index in [-0.39, 0.29) is 25.0 Å². The zero-order valence-electron chi connectivity index (χ0n) is 17.4. The minimum Gasteiger partial charge on any atom is -0.459 e. The molecule has 0 fully saturated rings. The third-order valence-corrected chi connectivity index (χ3v) is 4.49. The molecule has 0 saturated carbocycles. The number of benzene rings is 1. The smallest absolute Gasteiger partial charge is 0.459 e. The topological polar surface area (TPSA) is 132 Å². The van der Waals surface area contributed by atoms with E-state index in [1.54, 1.807) is 0 Å². The first-order valence-corrected chi connectivity index (χ1v) is 11.0. The molecule has 0 aliphatic carbocycles. The molecule has 0 aliphatic heterocycles. The number of amides is 1. The van der Waals surface area contributed by atoms with Crippen molar-refractivity contribution in [3.63, 3.8) is 0 Å². The van der Waals surface area contributed by atoms with Crippen LogP contribution in [-0.4, -0.2) is 43.5 Å². The van der Waals surface area contributed by atoms with Crippen LogP contribution < -0.4 is 21.9 Å². The quantitative estimate of drug-likeness (QED) is 0.104. The van der Waals surface area contributed by atoms with Crippen molar-refractivity contribution in [2.75, 3.05) is 6.54 Å². The summed E-state index contributed by atoms with van der Waals surface area (Å²) in [6.07, 6.45) is 1.21. The number of carbonyl (C=O) groups excluding carboxylic acids is 2. The summed E-state index contributed by atoms with van der Waals surface area (Å²) in [5.41, 5.74) is 12.2. The minimum absolute atomic E-state index is 0.0951. The molecule has 8 nitrogen and oxygen atoms in total. The van der Waals surface area contributed by atoms with Crippen LogP contribution in [-0.2, 0) is 20.9 Å². The third-order valence-electron chi connectivity index (χ3n) is 4.05. The second-order valence-corrected chi connectivity index (χ2v) is 8.07. The van der Waals surface area contributed by atoms with Gasteiger partial charge in [-0.3, -0.25) is 0 Å². The van der Waals surface area contributed by atoms with E-state index in [4.69, 9.17) is 23.2 Å². The predicted molar refractivity (Wildman–Crippen MR) is 118 cm³/mol. The number of hydrogen-bond donors (Lipinski definition) is 4. The molecule has 0 aromatic heterocycles. The normalized spacial score (nSPS) is 14.1. The molecular formula is C19H30BFN5O3P. The number of nitrogens with one attached hydrogen (secondary N) is 2. The second-order valence-electron chi connectivity index (χ2n) is 7.22. The molecule has 11 heteroatoms. The van der Waals surface area contributed by atoms with Crippen LogP contribution in [0.3, 0.4) is 0 Å². The molecule has 3 atom stereocenters. The van der Waals surface area contributed by atoms with Crippen LogP contribution in [0.25, 0.3) is 0 Å². The van der Waals surface area contributed by atoms with Gasteiger partial charge in [0.1, 0.15) is 6.61 Å². The van der Waals surface area contributed by atoms with Gasteiger partial charge in [-0.15, -0.1) is 0 Å². The molecular weight excluding hydrogens is 407 g/mol. The molecule has 0 radical (unpaired) electrons. The molecule has 0 spiro atoms. The van der Waals surface area contributed by atoms with Gasteiger partial charge in [-0.2, -0.15) is 0 Å². The first-order chi connectivity index (χ1) is 14.2. The van der Waals surface area contributed by atoms with Gasteiger partial charge in [-0.1, -0.05) is 44.2 Å². The first-order valence-electron chi connectivity index (χ1n) is 9.72. The minimum atomic E-state index is -2.36. The maximum absolute atomic E-state index is 12.6. The fourth-order valence-corrected chi connectivity index (χ4v) is 2.87. The van der Waals surface area contributed by atoms with Gasteiger partial charge >= 0.3 is 106 Å². The summed E-state index contributed by atoms with van der Waals surface area (Å²) >= 11 is 0. The second kappa shape index (κ2) is 13.8. The molecule has 1 aromatic carbocycles. The van der Waals surface area contributed by atoms with E-state index in [1.807, 2.05) is 44.2 Å². The van der Waals surface area contributed by atoms with Crippen molar-refractivity contribution < 1.29 is 18.5 Å². The Hall–Kier alpha value is -2.32. The average Bonchev–Trinajstić information content (AvgIpc) is 2.68. The van der Waals surface area contributed by atoms with E-state index >= 15 is 0 Å². The van der Waals surface area contributed by atoms with Gasteiger partial charge in [0, 0.05) is 0 Å². The SMILES string of the molecule is B#P(F)NC(N)=NCCC[C@@H](N)C(=O)N[C@@H](CC(C)C)C(=O)OCc1ccccc1. The summed E-state index contributed by atoms with van der Waals surface area (Å²) in [6.45, 7) is 4.29. The Labute approximate surface area is 178 Å². The van der Waals surface area contributed by atoms with Crippen LogP contribution in [0, 0.1) is 5.92 Å². The Morgan fingerprint density at radius 1 is 1.30 bits per heavy atom. The first kappa shape index (κ1) is 25.7. The van der Waals surface area contributed by atoms with Gasteiger partial charge in [0.15, 0.2) is 0 Å². The number of guanidine groups is 1. The number of nitrogens with two attached hydrogens (primary N) is 2. The Morgan fingerprint density at radius 2 is 1.97 bits per heavy atom. The molecule has 164 valence electrons. The van der Waals surface area contributed by atoms with E-state index in [0.717, 1.165) is 5.56 Å². The van der Waals surface area contributed by atoms with Crippen LogP contribution in [0.1, 0.15) is 38.7 Å². The van der Waals surface area contributed by atoms with Crippen molar-refractivity contribution in [1.82, 2.24) is 10.4 Å². The summed E-state index contributed by atoms with van der Waals surface area (Å²) in [7, 11) is 2.60. The van der Waals surface area contributed by atoms with Gasteiger partial charge in [0.05, 0.1) is 0 Å². The molecule has 0 heterocycles. The van der Waals surface area contributed by atoms with Crippen molar-refractivity contribution in [3.8, 4) is 0 Å². The van der Waals surface area contributed by atoms with Crippen molar-refractivity contribution >= 4 is 32.5 Å². The van der Waals surface area contributed by atoms with E-state index in [0.29, 0.717) is 19.3 Å². The average molecular weight is 437 g/mol. The summed E-state index contributed by atoms with van der Waals surface area (Å²) in [6, 6.07) is 7.70. The predicted octanol–water partition coefficient (Wildman–Crippen LogP) is 1.64. The molecule has 30 heavy (non-hydrogen) atoms. The Bertz CT molecular complexity index is 785. The van der Waals surface area contributed by atoms with Crippen molar-refractivity contribution in [2.24, 2.45) is 22.4 Å². The third kappa shape index (κ3) is 11.0. The van der Waals surface area contributed by atoms with Crippen LogP contribution in [0.5, 0.6) is 0 Å². The summed E-state index contributed by atoms with van der Waals surface area (Å²) in [5.74, 6) is -0.867. The van der Waals surface area contributed by atoms with Gasteiger partial charge in [0.2, 0.25) is 0 Å². The van der Waals surface area contributed by atoms with Crippen molar-refractivity contribution in [2.45, 2.75) is 51.8 Å². The number of nitrogens with zero attached hydrogens (tertiary/aromatic N) is 1. The summed E-state index contributed by atoms with van der Waals surface area (Å²) in [4.78, 5) is 28.8. The number of esters is 1. The van der Waals surface area contributed by atoms with Gasteiger partial charge in [-0.25, -0.2) is 4.79 Å². The Morgan fingerprint density at radius 3 is 2.57 bits per heavy atom. The number of hydrogen-bond acceptors (Lipinski definition) is 5. The molecule has 0 aliphatic rings. The van der Waals surface area contributed by atoms with Crippen LogP contribution in [0.15, 0.2) is 35.3 Å². The van der Waals surface area contributed by atoms with E-state index in [1.165, 1.54) is 0 Å². The standard InChI is InChI=1S/C19H30BFN5O3P/c1-13(2)11-16(18(28)29-12-14-7-4-3-5-8-14)25-17(27)15(22)9-6-10-24-19(23)26-30(20)21/h3-5,7-8,13,15-16H,6,9-12,22H2,1-2H3,(H,25,27)(H3,23,24,26)/t15-,16+/m1/s1. The fourth-order valence-electron chi connectivity index (χ4n) is 2.58. The van der Waals surface area contributed by atoms with E-state index in [2.05, 4.69) is 15.4 Å².